The van der Waals surface area contributed by atoms with Gasteiger partial charge in [-0.1, -0.05) is 47.5 Å². The Kier molecular flexibility index (Phi) is 8.97. The molecule has 0 aliphatic rings. The van der Waals surface area contributed by atoms with Gasteiger partial charge in [-0.2, -0.15) is 4.39 Å². The maximum atomic E-state index is 15.3. The zero-order chi connectivity index (χ0) is 26.4. The van der Waals surface area contributed by atoms with Crippen LogP contribution in [0, 0.1) is 11.8 Å². The van der Waals surface area contributed by atoms with E-state index in [2.05, 4.69) is 10.3 Å². The Morgan fingerprint density at radius 1 is 0.892 bits per heavy atom. The summed E-state index contributed by atoms with van der Waals surface area (Å²) in [5.41, 5.74) is 2.05. The smallest absolute Gasteiger partial charge is 0.214 e. The van der Waals surface area contributed by atoms with Gasteiger partial charge in [-0.3, -0.25) is 4.31 Å². The highest BCUT2D eigenvalue weighted by atomic mass is 35.5. The standard InChI is InChI=1S/C27H23Cl2F2N3O2S/c1-35-19-11-10-18(24(12-19)36-2)16-34(27-9-5-8-26(31)33-27)37-25-13-21(29)23(14-22(25)30)32-15-17-6-3-4-7-20(17)28/h3-14,32H,15-16H2,1-2H3. The monoisotopic (exact) mass is 561 g/mol. The van der Waals surface area contributed by atoms with Crippen LogP contribution >= 0.6 is 35.1 Å². The number of rotatable bonds is 10. The van der Waals surface area contributed by atoms with Gasteiger partial charge in [-0.05, 0) is 60.0 Å². The Bertz CT molecular complexity index is 1390. The van der Waals surface area contributed by atoms with Crippen molar-refractivity contribution in [3.8, 4) is 11.5 Å². The number of hydrogen-bond acceptors (Lipinski definition) is 6. The molecule has 1 N–H and O–H groups in total. The molecule has 1 heterocycles. The number of methoxy groups -OCH3 is 2. The molecule has 0 unspecified atom stereocenters. The Balaban J connectivity index is 1.61. The van der Waals surface area contributed by atoms with E-state index < -0.39 is 11.8 Å². The summed E-state index contributed by atoms with van der Waals surface area (Å²) >= 11 is 13.8. The van der Waals surface area contributed by atoms with Gasteiger partial charge in [0.2, 0.25) is 5.95 Å². The lowest BCUT2D eigenvalue weighted by molar-refractivity contribution is 0.391. The molecule has 3 aromatic carbocycles. The van der Waals surface area contributed by atoms with Crippen molar-refractivity contribution in [2.45, 2.75) is 18.0 Å². The number of halogens is 4. The average Bonchev–Trinajstić information content (AvgIpc) is 2.90. The third-order valence-corrected chi connectivity index (χ3v) is 7.15. The summed E-state index contributed by atoms with van der Waals surface area (Å²) < 4.78 is 41.7. The Labute approximate surface area is 228 Å². The Morgan fingerprint density at radius 3 is 2.43 bits per heavy atom. The van der Waals surface area contributed by atoms with Crippen molar-refractivity contribution < 1.29 is 18.3 Å². The van der Waals surface area contributed by atoms with E-state index in [0.717, 1.165) is 23.1 Å². The first kappa shape index (κ1) is 26.9. The molecule has 0 bridgehead atoms. The molecular formula is C27H23Cl2F2N3O2S. The van der Waals surface area contributed by atoms with E-state index in [1.807, 2.05) is 24.3 Å². The summed E-state index contributed by atoms with van der Waals surface area (Å²) in [4.78, 5) is 4.23. The van der Waals surface area contributed by atoms with Crippen molar-refractivity contribution in [1.82, 2.24) is 4.98 Å². The minimum Gasteiger partial charge on any atom is -0.497 e. The molecule has 0 atom stereocenters. The maximum Gasteiger partial charge on any atom is 0.214 e. The van der Waals surface area contributed by atoms with Crippen LogP contribution in [-0.2, 0) is 13.1 Å². The third-order valence-electron chi connectivity index (χ3n) is 5.42. The number of aromatic nitrogens is 1. The fourth-order valence-corrected chi connectivity index (χ4v) is 4.97. The zero-order valence-corrected chi connectivity index (χ0v) is 22.3. The molecule has 10 heteroatoms. The summed E-state index contributed by atoms with van der Waals surface area (Å²) in [6, 6.07) is 20.0. The van der Waals surface area contributed by atoms with Crippen molar-refractivity contribution in [1.29, 1.82) is 0 Å². The number of anilines is 2. The number of hydrogen-bond donors (Lipinski definition) is 1. The zero-order valence-electron chi connectivity index (χ0n) is 20.0. The summed E-state index contributed by atoms with van der Waals surface area (Å²) in [5, 5.41) is 4.05. The van der Waals surface area contributed by atoms with Crippen LogP contribution in [-0.4, -0.2) is 19.2 Å². The van der Waals surface area contributed by atoms with Crippen molar-refractivity contribution in [3.63, 3.8) is 0 Å². The number of ether oxygens (including phenoxy) is 2. The SMILES string of the molecule is COc1ccc(CN(Sc2cc(Cl)c(NCc3ccccc3Cl)cc2F)c2cccc(F)n2)c(OC)c1. The van der Waals surface area contributed by atoms with Crippen molar-refractivity contribution in [3.05, 3.63) is 106 Å². The van der Waals surface area contributed by atoms with Crippen LogP contribution in [0.25, 0.3) is 0 Å². The van der Waals surface area contributed by atoms with Gasteiger partial charge in [0.1, 0.15) is 23.1 Å². The largest absolute Gasteiger partial charge is 0.497 e. The molecule has 192 valence electrons. The molecule has 0 aliphatic carbocycles. The molecule has 0 saturated carbocycles. The van der Waals surface area contributed by atoms with Crippen LogP contribution < -0.4 is 19.1 Å². The van der Waals surface area contributed by atoms with E-state index in [1.165, 1.54) is 18.2 Å². The molecule has 0 saturated heterocycles. The van der Waals surface area contributed by atoms with Gasteiger partial charge in [-0.25, -0.2) is 9.37 Å². The van der Waals surface area contributed by atoms with Gasteiger partial charge >= 0.3 is 0 Å². The second kappa shape index (κ2) is 12.4. The van der Waals surface area contributed by atoms with Crippen LogP contribution in [0.2, 0.25) is 10.0 Å². The fraction of sp³-hybridized carbons (Fsp3) is 0.148. The normalized spacial score (nSPS) is 10.8. The molecule has 0 aliphatic heterocycles. The van der Waals surface area contributed by atoms with Gasteiger partial charge in [0, 0.05) is 23.2 Å². The van der Waals surface area contributed by atoms with Crippen molar-refractivity contribution >= 4 is 46.7 Å². The molecule has 0 radical (unpaired) electrons. The first-order valence-electron chi connectivity index (χ1n) is 11.1. The summed E-state index contributed by atoms with van der Waals surface area (Å²) in [6.07, 6.45) is 0. The van der Waals surface area contributed by atoms with Gasteiger partial charge in [0.25, 0.3) is 0 Å². The number of nitrogens with zero attached hydrogens (tertiary/aromatic N) is 2. The predicted molar refractivity (Wildman–Crippen MR) is 146 cm³/mol. The maximum absolute atomic E-state index is 15.3. The van der Waals surface area contributed by atoms with E-state index in [4.69, 9.17) is 32.7 Å². The first-order chi connectivity index (χ1) is 17.9. The lowest BCUT2D eigenvalue weighted by Crippen LogP contribution is -2.16. The molecule has 0 spiro atoms. The number of benzene rings is 3. The lowest BCUT2D eigenvalue weighted by atomic mass is 10.2. The van der Waals surface area contributed by atoms with E-state index in [1.54, 1.807) is 48.9 Å². The minimum atomic E-state index is -0.651. The van der Waals surface area contributed by atoms with Crippen LogP contribution in [0.4, 0.5) is 20.3 Å². The summed E-state index contributed by atoms with van der Waals surface area (Å²) in [7, 11) is 3.11. The van der Waals surface area contributed by atoms with E-state index in [0.29, 0.717) is 39.6 Å². The summed E-state index contributed by atoms with van der Waals surface area (Å²) in [6.45, 7) is 0.611. The van der Waals surface area contributed by atoms with Gasteiger partial charge in [0.15, 0.2) is 0 Å². The molecule has 37 heavy (non-hydrogen) atoms. The Morgan fingerprint density at radius 2 is 1.70 bits per heavy atom. The molecular weight excluding hydrogens is 539 g/mol. The van der Waals surface area contributed by atoms with Crippen LogP contribution in [0.1, 0.15) is 11.1 Å². The lowest BCUT2D eigenvalue weighted by Gasteiger charge is -2.24. The van der Waals surface area contributed by atoms with Crippen LogP contribution in [0.15, 0.2) is 77.7 Å². The highest BCUT2D eigenvalue weighted by molar-refractivity contribution is 8.00. The van der Waals surface area contributed by atoms with Crippen LogP contribution in [0.3, 0.4) is 0 Å². The second-order valence-electron chi connectivity index (χ2n) is 7.83. The molecule has 0 fully saturated rings. The van der Waals surface area contributed by atoms with Crippen molar-refractivity contribution in [2.75, 3.05) is 23.8 Å². The van der Waals surface area contributed by atoms with Crippen LogP contribution in [0.5, 0.6) is 11.5 Å². The minimum absolute atomic E-state index is 0.234. The second-order valence-corrected chi connectivity index (χ2v) is 9.71. The summed E-state index contributed by atoms with van der Waals surface area (Å²) in [5.74, 6) is 0.348. The number of nitrogens with one attached hydrogen (secondary N) is 1. The van der Waals surface area contributed by atoms with E-state index >= 15 is 4.39 Å². The molecule has 5 nitrogen and oxygen atoms in total. The molecule has 4 rings (SSSR count). The fourth-order valence-electron chi connectivity index (χ4n) is 3.52. The van der Waals surface area contributed by atoms with E-state index in [-0.39, 0.29) is 11.4 Å². The van der Waals surface area contributed by atoms with Gasteiger partial charge in [0.05, 0.1) is 36.4 Å². The highest BCUT2D eigenvalue weighted by Crippen LogP contribution is 2.37. The quantitative estimate of drug-likeness (QED) is 0.156. The van der Waals surface area contributed by atoms with Gasteiger partial charge < -0.3 is 14.8 Å². The molecule has 4 aromatic rings. The predicted octanol–water partition coefficient (Wildman–Crippen LogP) is 8.01. The third kappa shape index (κ3) is 6.77. The van der Waals surface area contributed by atoms with E-state index in [9.17, 15) is 4.39 Å². The topological polar surface area (TPSA) is 46.6 Å². The molecule has 1 aromatic heterocycles. The average molecular weight is 562 g/mol. The molecule has 0 amide bonds. The Hall–Kier alpha value is -3.20. The first-order valence-corrected chi connectivity index (χ1v) is 12.7. The van der Waals surface area contributed by atoms with Gasteiger partial charge in [-0.15, -0.1) is 0 Å². The highest BCUT2D eigenvalue weighted by Gasteiger charge is 2.19. The van der Waals surface area contributed by atoms with Crippen molar-refractivity contribution in [2.24, 2.45) is 0 Å². The number of pyridine rings is 1.